The second-order valence-corrected chi connectivity index (χ2v) is 7.56. The minimum absolute atomic E-state index is 0.0924. The van der Waals surface area contributed by atoms with E-state index in [-0.39, 0.29) is 16.3 Å². The van der Waals surface area contributed by atoms with Gasteiger partial charge in [0.05, 0.1) is 22.5 Å². The molecule has 1 fully saturated rings. The van der Waals surface area contributed by atoms with Crippen molar-refractivity contribution < 1.29 is 13.2 Å². The van der Waals surface area contributed by atoms with Gasteiger partial charge in [0.2, 0.25) is 0 Å². The zero-order valence-corrected chi connectivity index (χ0v) is 13.7. The summed E-state index contributed by atoms with van der Waals surface area (Å²) >= 11 is 0. The molecule has 1 aliphatic carbocycles. The zero-order valence-electron chi connectivity index (χ0n) is 12.9. The van der Waals surface area contributed by atoms with Crippen molar-refractivity contribution in [2.75, 3.05) is 11.6 Å². The van der Waals surface area contributed by atoms with Crippen LogP contribution in [0.2, 0.25) is 0 Å². The van der Waals surface area contributed by atoms with Gasteiger partial charge in [0, 0.05) is 24.6 Å². The molecule has 0 atom stereocenters. The van der Waals surface area contributed by atoms with Crippen LogP contribution in [0, 0.1) is 11.3 Å². The van der Waals surface area contributed by atoms with Crippen molar-refractivity contribution >= 4 is 21.4 Å². The average molecular weight is 342 g/mol. The van der Waals surface area contributed by atoms with Crippen molar-refractivity contribution in [3.8, 4) is 6.07 Å². The molecule has 1 N–H and O–H groups in total. The van der Waals surface area contributed by atoms with Gasteiger partial charge in [-0.15, -0.1) is 0 Å². The van der Waals surface area contributed by atoms with E-state index in [0.29, 0.717) is 17.2 Å². The smallest absolute Gasteiger partial charge is 0.257 e. The highest BCUT2D eigenvalue weighted by Gasteiger charge is 2.28. The molecular weight excluding hydrogens is 328 g/mol. The fraction of sp³-hybridized carbons (Fsp3) is 0.250. The number of carbonyl (C=O) groups excluding carboxylic acids is 1. The molecule has 24 heavy (non-hydrogen) atoms. The molecule has 0 aromatic carbocycles. The van der Waals surface area contributed by atoms with Gasteiger partial charge in [-0.3, -0.25) is 9.78 Å². The van der Waals surface area contributed by atoms with Gasteiger partial charge in [-0.25, -0.2) is 13.4 Å². The molecular formula is C16H14N4O3S. The van der Waals surface area contributed by atoms with Crippen LogP contribution in [-0.2, 0) is 9.84 Å². The lowest BCUT2D eigenvalue weighted by molar-refractivity contribution is 0.102. The van der Waals surface area contributed by atoms with Crippen LogP contribution >= 0.6 is 0 Å². The monoisotopic (exact) mass is 342 g/mol. The van der Waals surface area contributed by atoms with E-state index < -0.39 is 15.7 Å². The highest BCUT2D eigenvalue weighted by atomic mass is 32.2. The number of anilines is 1. The van der Waals surface area contributed by atoms with Gasteiger partial charge in [0.1, 0.15) is 6.07 Å². The standard InChI is InChI=1S/C16H14N4O3S/c1-24(22,23)16-13(3-2-6-18-16)20-15(21)12-7-11(8-17)14(19-9-12)10-4-5-10/h2-3,6-7,9-10H,4-5H2,1H3,(H,20,21). The van der Waals surface area contributed by atoms with Gasteiger partial charge >= 0.3 is 0 Å². The molecule has 0 radical (unpaired) electrons. The number of rotatable bonds is 4. The molecule has 0 unspecified atom stereocenters. The summed E-state index contributed by atoms with van der Waals surface area (Å²) in [7, 11) is -3.58. The Balaban J connectivity index is 1.90. The number of hydrogen-bond acceptors (Lipinski definition) is 6. The summed E-state index contributed by atoms with van der Waals surface area (Å²) in [5, 5.41) is 11.5. The molecule has 0 aliphatic heterocycles. The number of aromatic nitrogens is 2. The number of pyridine rings is 2. The maximum absolute atomic E-state index is 12.4. The Bertz CT molecular complexity index is 960. The number of nitrogens with one attached hydrogen (secondary N) is 1. The third kappa shape index (κ3) is 3.26. The van der Waals surface area contributed by atoms with Crippen molar-refractivity contribution in [3.63, 3.8) is 0 Å². The van der Waals surface area contributed by atoms with Crippen LogP contribution in [0.3, 0.4) is 0 Å². The largest absolute Gasteiger partial charge is 0.319 e. The number of nitrogens with zero attached hydrogens (tertiary/aromatic N) is 3. The highest BCUT2D eigenvalue weighted by molar-refractivity contribution is 7.90. The molecule has 3 rings (SSSR count). The van der Waals surface area contributed by atoms with Crippen molar-refractivity contribution in [2.45, 2.75) is 23.8 Å². The van der Waals surface area contributed by atoms with Crippen LogP contribution in [0.4, 0.5) is 5.69 Å². The van der Waals surface area contributed by atoms with Gasteiger partial charge in [0.25, 0.3) is 5.91 Å². The van der Waals surface area contributed by atoms with Gasteiger partial charge in [-0.05, 0) is 31.0 Å². The third-order valence-corrected chi connectivity index (χ3v) is 4.66. The first-order valence-electron chi connectivity index (χ1n) is 7.26. The third-order valence-electron chi connectivity index (χ3n) is 3.64. The van der Waals surface area contributed by atoms with Crippen LogP contribution in [0.5, 0.6) is 0 Å². The Hall–Kier alpha value is -2.79. The molecule has 0 saturated heterocycles. The molecule has 2 heterocycles. The van der Waals surface area contributed by atoms with Gasteiger partial charge in [0.15, 0.2) is 14.9 Å². The predicted octanol–water partition coefficient (Wildman–Crippen LogP) is 1.88. The van der Waals surface area contributed by atoms with Crippen molar-refractivity contribution in [1.82, 2.24) is 9.97 Å². The van der Waals surface area contributed by atoms with Crippen LogP contribution in [0.15, 0.2) is 35.6 Å². The quantitative estimate of drug-likeness (QED) is 0.907. The lowest BCUT2D eigenvalue weighted by Gasteiger charge is -2.09. The number of sulfone groups is 1. The van der Waals surface area contributed by atoms with Crippen molar-refractivity contribution in [2.24, 2.45) is 0 Å². The summed E-state index contributed by atoms with van der Waals surface area (Å²) in [6.07, 6.45) is 5.76. The van der Waals surface area contributed by atoms with E-state index in [1.807, 2.05) is 0 Å². The topological polar surface area (TPSA) is 113 Å². The number of amides is 1. The maximum atomic E-state index is 12.4. The highest BCUT2D eigenvalue weighted by Crippen LogP contribution is 2.40. The average Bonchev–Trinajstić information content (AvgIpc) is 3.38. The molecule has 1 aliphatic rings. The van der Waals surface area contributed by atoms with Crippen LogP contribution in [0.25, 0.3) is 0 Å². The second kappa shape index (κ2) is 6.02. The Morgan fingerprint density at radius 3 is 2.75 bits per heavy atom. The SMILES string of the molecule is CS(=O)(=O)c1ncccc1NC(=O)c1cnc(C2CC2)c(C#N)c1. The Morgan fingerprint density at radius 1 is 1.38 bits per heavy atom. The van der Waals surface area contributed by atoms with Crippen molar-refractivity contribution in [1.29, 1.82) is 5.26 Å². The molecule has 1 amide bonds. The first-order chi connectivity index (χ1) is 11.4. The van der Waals surface area contributed by atoms with E-state index in [0.717, 1.165) is 19.1 Å². The summed E-state index contributed by atoms with van der Waals surface area (Å²) in [6.45, 7) is 0. The maximum Gasteiger partial charge on any atom is 0.257 e. The van der Waals surface area contributed by atoms with Gasteiger partial charge in [-0.2, -0.15) is 5.26 Å². The molecule has 2 aromatic rings. The molecule has 2 aromatic heterocycles. The Labute approximate surface area is 139 Å². The van der Waals surface area contributed by atoms with Gasteiger partial charge < -0.3 is 5.32 Å². The van der Waals surface area contributed by atoms with E-state index >= 15 is 0 Å². The normalized spacial score (nSPS) is 14.0. The molecule has 7 nitrogen and oxygen atoms in total. The van der Waals surface area contributed by atoms with Crippen LogP contribution < -0.4 is 5.32 Å². The van der Waals surface area contributed by atoms with E-state index in [4.69, 9.17) is 0 Å². The summed E-state index contributed by atoms with van der Waals surface area (Å²) in [6, 6.07) is 6.52. The lowest BCUT2D eigenvalue weighted by Crippen LogP contribution is -2.16. The van der Waals surface area contributed by atoms with Crippen LogP contribution in [-0.4, -0.2) is 30.5 Å². The minimum Gasteiger partial charge on any atom is -0.319 e. The fourth-order valence-electron chi connectivity index (χ4n) is 2.35. The number of nitriles is 1. The first kappa shape index (κ1) is 16.1. The molecule has 8 heteroatoms. The summed E-state index contributed by atoms with van der Waals surface area (Å²) < 4.78 is 23.5. The summed E-state index contributed by atoms with van der Waals surface area (Å²) in [5.41, 5.74) is 1.38. The van der Waals surface area contributed by atoms with Crippen LogP contribution in [0.1, 0.15) is 40.4 Å². The fourth-order valence-corrected chi connectivity index (χ4v) is 3.12. The molecule has 0 bridgehead atoms. The first-order valence-corrected chi connectivity index (χ1v) is 9.15. The van der Waals surface area contributed by atoms with E-state index in [9.17, 15) is 18.5 Å². The molecule has 122 valence electrons. The minimum atomic E-state index is -3.58. The zero-order chi connectivity index (χ0) is 17.3. The van der Waals surface area contributed by atoms with E-state index in [1.54, 1.807) is 0 Å². The number of carbonyl (C=O) groups is 1. The molecule has 0 spiro atoms. The van der Waals surface area contributed by atoms with Gasteiger partial charge in [-0.1, -0.05) is 0 Å². The summed E-state index contributed by atoms with van der Waals surface area (Å²) in [4.78, 5) is 20.4. The second-order valence-electron chi connectivity index (χ2n) is 5.63. The summed E-state index contributed by atoms with van der Waals surface area (Å²) in [5.74, 6) is -0.244. The Kier molecular flexibility index (Phi) is 4.03. The lowest BCUT2D eigenvalue weighted by atomic mass is 10.1. The Morgan fingerprint density at radius 2 is 2.12 bits per heavy atom. The van der Waals surface area contributed by atoms with E-state index in [1.165, 1.54) is 30.6 Å². The predicted molar refractivity (Wildman–Crippen MR) is 86.2 cm³/mol. The number of hydrogen-bond donors (Lipinski definition) is 1. The molecule has 1 saturated carbocycles. The van der Waals surface area contributed by atoms with E-state index in [2.05, 4.69) is 21.4 Å². The van der Waals surface area contributed by atoms with Crippen molar-refractivity contribution in [3.05, 3.63) is 47.4 Å².